The summed E-state index contributed by atoms with van der Waals surface area (Å²) in [7, 11) is 0. The van der Waals surface area contributed by atoms with Gasteiger partial charge in [-0.2, -0.15) is 0 Å². The summed E-state index contributed by atoms with van der Waals surface area (Å²) in [6, 6.07) is 1.30. The van der Waals surface area contributed by atoms with Crippen molar-refractivity contribution in [2.75, 3.05) is 13.1 Å². The fraction of sp³-hybridized carbons (Fsp3) is 0.417. The normalized spacial score (nSPS) is 17.1. The van der Waals surface area contributed by atoms with Crippen LogP contribution in [0.5, 0.6) is 0 Å². The van der Waals surface area contributed by atoms with Crippen molar-refractivity contribution in [2.45, 2.75) is 6.92 Å². The molecule has 0 bridgehead atoms. The summed E-state index contributed by atoms with van der Waals surface area (Å²) >= 11 is 0. The van der Waals surface area contributed by atoms with Gasteiger partial charge in [0.2, 0.25) is 0 Å². The van der Waals surface area contributed by atoms with E-state index in [0.29, 0.717) is 13.1 Å². The van der Waals surface area contributed by atoms with Gasteiger partial charge < -0.3 is 15.0 Å². The number of pyridine rings is 1. The molecule has 2 N–H and O–H groups in total. The molecule has 18 heavy (non-hydrogen) atoms. The van der Waals surface area contributed by atoms with Crippen LogP contribution in [-0.4, -0.2) is 40.0 Å². The van der Waals surface area contributed by atoms with E-state index in [-0.39, 0.29) is 22.8 Å². The first-order chi connectivity index (χ1) is 8.50. The number of rotatable bonds is 3. The third-order valence-electron chi connectivity index (χ3n) is 3.35. The van der Waals surface area contributed by atoms with E-state index in [1.165, 1.54) is 23.4 Å². The summed E-state index contributed by atoms with van der Waals surface area (Å²) in [4.78, 5) is 38.4. The van der Waals surface area contributed by atoms with Crippen molar-refractivity contribution in [2.24, 2.45) is 11.8 Å². The molecule has 1 saturated heterocycles. The van der Waals surface area contributed by atoms with Gasteiger partial charge in [-0.1, -0.05) is 6.92 Å². The molecule has 1 fully saturated rings. The van der Waals surface area contributed by atoms with Crippen LogP contribution in [0.25, 0.3) is 0 Å². The molecule has 1 amide bonds. The number of aromatic nitrogens is 1. The van der Waals surface area contributed by atoms with E-state index in [1.807, 2.05) is 0 Å². The number of H-pyrrole nitrogens is 1. The van der Waals surface area contributed by atoms with Crippen LogP contribution in [0, 0.1) is 11.8 Å². The highest BCUT2D eigenvalue weighted by atomic mass is 16.4. The minimum atomic E-state index is -0.857. The van der Waals surface area contributed by atoms with Crippen molar-refractivity contribution in [1.29, 1.82) is 0 Å². The molecule has 1 unspecified atom stereocenters. The summed E-state index contributed by atoms with van der Waals surface area (Å²) in [6.45, 7) is 2.41. The molecule has 1 aliphatic rings. The number of likely N-dealkylation sites (tertiary alicyclic amines) is 1. The van der Waals surface area contributed by atoms with Crippen LogP contribution in [0.1, 0.15) is 17.3 Å². The molecule has 0 radical (unpaired) electrons. The molecule has 1 aliphatic heterocycles. The number of carbonyl (C=O) groups excluding carboxylic acids is 1. The highest BCUT2D eigenvalue weighted by molar-refractivity contribution is 5.94. The van der Waals surface area contributed by atoms with E-state index in [0.717, 1.165) is 0 Å². The predicted molar refractivity (Wildman–Crippen MR) is 63.3 cm³/mol. The van der Waals surface area contributed by atoms with Crippen molar-refractivity contribution in [1.82, 2.24) is 9.88 Å². The zero-order valence-corrected chi connectivity index (χ0v) is 9.92. The van der Waals surface area contributed by atoms with Crippen LogP contribution >= 0.6 is 0 Å². The fourth-order valence-corrected chi connectivity index (χ4v) is 1.95. The molecule has 6 heteroatoms. The Morgan fingerprint density at radius 2 is 2.17 bits per heavy atom. The van der Waals surface area contributed by atoms with Crippen molar-refractivity contribution < 1.29 is 14.7 Å². The molecular formula is C12H14N2O4. The zero-order chi connectivity index (χ0) is 13.3. The number of carbonyl (C=O) groups is 2. The zero-order valence-electron chi connectivity index (χ0n) is 9.92. The van der Waals surface area contributed by atoms with Crippen LogP contribution < -0.4 is 5.43 Å². The van der Waals surface area contributed by atoms with E-state index in [2.05, 4.69) is 4.98 Å². The molecule has 1 atom stereocenters. The van der Waals surface area contributed by atoms with E-state index < -0.39 is 11.9 Å². The van der Waals surface area contributed by atoms with E-state index >= 15 is 0 Å². The smallest absolute Gasteiger partial charge is 0.306 e. The van der Waals surface area contributed by atoms with Gasteiger partial charge >= 0.3 is 5.97 Å². The van der Waals surface area contributed by atoms with Crippen LogP contribution in [0.15, 0.2) is 23.3 Å². The number of carboxylic acid groups (broad SMARTS) is 1. The number of hydrogen-bond acceptors (Lipinski definition) is 3. The summed E-state index contributed by atoms with van der Waals surface area (Å²) < 4.78 is 0. The minimum Gasteiger partial charge on any atom is -0.481 e. The summed E-state index contributed by atoms with van der Waals surface area (Å²) in [5, 5.41) is 8.84. The number of aromatic amines is 1. The summed E-state index contributed by atoms with van der Waals surface area (Å²) in [6.07, 6.45) is 2.84. The van der Waals surface area contributed by atoms with Gasteiger partial charge in [0.25, 0.3) is 5.91 Å². The highest BCUT2D eigenvalue weighted by Crippen LogP contribution is 2.24. The van der Waals surface area contributed by atoms with Gasteiger partial charge in [0, 0.05) is 37.5 Å². The largest absolute Gasteiger partial charge is 0.481 e. The Labute approximate surface area is 103 Å². The van der Waals surface area contributed by atoms with Gasteiger partial charge in [-0.25, -0.2) is 0 Å². The van der Waals surface area contributed by atoms with E-state index in [1.54, 1.807) is 6.92 Å². The standard InChI is InChI=1S/C12H14N2O4/c1-7(12(17)18)8-5-14(6-8)11(16)9-4-13-3-2-10(9)15/h2-4,7-8H,5-6H2,1H3,(H,13,15)(H,17,18). The third-order valence-corrected chi connectivity index (χ3v) is 3.35. The van der Waals surface area contributed by atoms with Gasteiger partial charge in [0.1, 0.15) is 5.56 Å². The van der Waals surface area contributed by atoms with Crippen LogP contribution in [0.4, 0.5) is 0 Å². The Kier molecular flexibility index (Phi) is 3.18. The number of nitrogens with one attached hydrogen (secondary N) is 1. The first kappa shape index (κ1) is 12.3. The molecule has 0 spiro atoms. The lowest BCUT2D eigenvalue weighted by atomic mass is 9.87. The molecule has 0 saturated carbocycles. The molecule has 1 aromatic heterocycles. The summed E-state index contributed by atoms with van der Waals surface area (Å²) in [5.74, 6) is -1.70. The van der Waals surface area contributed by atoms with Gasteiger partial charge in [0.15, 0.2) is 5.43 Å². The molecule has 2 heterocycles. The lowest BCUT2D eigenvalue weighted by Gasteiger charge is -2.41. The highest BCUT2D eigenvalue weighted by Gasteiger charge is 2.37. The van der Waals surface area contributed by atoms with Gasteiger partial charge in [0.05, 0.1) is 5.92 Å². The minimum absolute atomic E-state index is 0.0331. The van der Waals surface area contributed by atoms with Crippen molar-refractivity contribution in [3.8, 4) is 0 Å². The first-order valence-electron chi connectivity index (χ1n) is 5.70. The summed E-state index contributed by atoms with van der Waals surface area (Å²) in [5.41, 5.74) is -0.229. The average Bonchev–Trinajstić information content (AvgIpc) is 2.27. The van der Waals surface area contributed by atoms with Gasteiger partial charge in [-0.05, 0) is 0 Å². The SMILES string of the molecule is CC(C(=O)O)C1CN(C(=O)c2c[nH]ccc2=O)C1. The number of carboxylic acids is 1. The second kappa shape index (κ2) is 4.64. The average molecular weight is 250 g/mol. The van der Waals surface area contributed by atoms with Crippen LogP contribution in [0.2, 0.25) is 0 Å². The maximum atomic E-state index is 11.9. The van der Waals surface area contributed by atoms with Gasteiger partial charge in [-0.15, -0.1) is 0 Å². The lowest BCUT2D eigenvalue weighted by molar-refractivity contribution is -0.144. The molecule has 1 aromatic rings. The number of nitrogens with zero attached hydrogens (tertiary/aromatic N) is 1. The Balaban J connectivity index is 2.01. The molecule has 6 nitrogen and oxygen atoms in total. The second-order valence-corrected chi connectivity index (χ2v) is 4.52. The van der Waals surface area contributed by atoms with Crippen molar-refractivity contribution >= 4 is 11.9 Å². The maximum Gasteiger partial charge on any atom is 0.306 e. The Hall–Kier alpha value is -2.11. The number of aliphatic carboxylic acids is 1. The van der Waals surface area contributed by atoms with Crippen LogP contribution in [-0.2, 0) is 4.79 Å². The number of hydrogen-bond donors (Lipinski definition) is 2. The van der Waals surface area contributed by atoms with Crippen molar-refractivity contribution in [3.05, 3.63) is 34.2 Å². The van der Waals surface area contributed by atoms with Crippen LogP contribution in [0.3, 0.4) is 0 Å². The molecule has 0 aliphatic carbocycles. The third kappa shape index (κ3) is 2.13. The Morgan fingerprint density at radius 3 is 2.72 bits per heavy atom. The second-order valence-electron chi connectivity index (χ2n) is 4.52. The molecule has 2 rings (SSSR count). The first-order valence-corrected chi connectivity index (χ1v) is 5.70. The fourth-order valence-electron chi connectivity index (χ4n) is 1.95. The molecular weight excluding hydrogens is 236 g/mol. The van der Waals surface area contributed by atoms with Gasteiger partial charge in [-0.3, -0.25) is 14.4 Å². The monoisotopic (exact) mass is 250 g/mol. The topological polar surface area (TPSA) is 90.5 Å². The quantitative estimate of drug-likeness (QED) is 0.800. The predicted octanol–water partition coefficient (Wildman–Crippen LogP) is 0.168. The molecule has 96 valence electrons. The maximum absolute atomic E-state index is 11.9. The molecule has 0 aromatic carbocycles. The Morgan fingerprint density at radius 1 is 1.50 bits per heavy atom. The Bertz CT molecular complexity index is 531. The van der Waals surface area contributed by atoms with E-state index in [4.69, 9.17) is 5.11 Å². The van der Waals surface area contributed by atoms with Crippen molar-refractivity contribution in [3.63, 3.8) is 0 Å². The lowest BCUT2D eigenvalue weighted by Crippen LogP contribution is -2.54. The number of amides is 1. The van der Waals surface area contributed by atoms with E-state index in [9.17, 15) is 14.4 Å².